The quantitative estimate of drug-likeness (QED) is 0.448. The molecule has 2 aromatic carbocycles. The smallest absolute Gasteiger partial charge is 0.326 e. The number of halogens is 1. The van der Waals surface area contributed by atoms with Gasteiger partial charge in [0.15, 0.2) is 0 Å². The fourth-order valence-electron chi connectivity index (χ4n) is 2.70. The van der Waals surface area contributed by atoms with Gasteiger partial charge in [0.1, 0.15) is 5.82 Å². The van der Waals surface area contributed by atoms with Crippen molar-refractivity contribution in [1.29, 1.82) is 5.26 Å². The molecule has 0 heterocycles. The minimum absolute atomic E-state index is 0.0698. The third kappa shape index (κ3) is 7.64. The number of amides is 2. The highest BCUT2D eigenvalue weighted by Gasteiger charge is 2.21. The molecule has 2 rings (SSSR count). The molecule has 1 N–H and O–H groups in total. The van der Waals surface area contributed by atoms with Crippen LogP contribution in [-0.2, 0) is 30.3 Å². The first-order chi connectivity index (χ1) is 15.1. The van der Waals surface area contributed by atoms with Crippen LogP contribution in [0.5, 0.6) is 0 Å². The first kappa shape index (κ1) is 24.8. The highest BCUT2D eigenvalue weighted by Crippen LogP contribution is 2.23. The second kappa shape index (κ2) is 11.2. The normalized spacial score (nSPS) is 10.8. The highest BCUT2D eigenvalue weighted by molar-refractivity contribution is 7.85. The number of benzene rings is 2. The Hall–Kier alpha value is -3.49. The Balaban J connectivity index is 2.23. The number of hydrogen-bond acceptors (Lipinski definition) is 7. The van der Waals surface area contributed by atoms with E-state index in [1.807, 2.05) is 6.07 Å². The molecule has 2 aromatic rings. The third-order valence-electron chi connectivity index (χ3n) is 4.27. The van der Waals surface area contributed by atoms with Crippen molar-refractivity contribution in [3.05, 3.63) is 59.4 Å². The Morgan fingerprint density at radius 2 is 1.88 bits per heavy atom. The zero-order valence-corrected chi connectivity index (χ0v) is 18.3. The van der Waals surface area contributed by atoms with Crippen molar-refractivity contribution in [2.75, 3.05) is 36.7 Å². The molecule has 0 aliphatic carbocycles. The van der Waals surface area contributed by atoms with Gasteiger partial charge in [0.2, 0.25) is 0 Å². The largest absolute Gasteiger partial charge is 0.469 e. The van der Waals surface area contributed by atoms with Crippen molar-refractivity contribution in [2.24, 2.45) is 0 Å². The first-order valence-electron chi connectivity index (χ1n) is 9.41. The van der Waals surface area contributed by atoms with Gasteiger partial charge in [0.25, 0.3) is 10.1 Å². The molecule has 0 unspecified atom stereocenters. The molecule has 0 atom stereocenters. The van der Waals surface area contributed by atoms with Gasteiger partial charge in [-0.25, -0.2) is 9.18 Å². The lowest BCUT2D eigenvalue weighted by Crippen LogP contribution is -2.38. The van der Waals surface area contributed by atoms with Crippen LogP contribution in [0.25, 0.3) is 0 Å². The predicted octanol–water partition coefficient (Wildman–Crippen LogP) is 2.82. The number of ether oxygens (including phenoxy) is 1. The molecule has 0 aromatic heterocycles. The van der Waals surface area contributed by atoms with Gasteiger partial charge in [-0.15, -0.1) is 0 Å². The van der Waals surface area contributed by atoms with Gasteiger partial charge in [0, 0.05) is 12.1 Å². The zero-order chi connectivity index (χ0) is 23.7. The molecule has 0 aliphatic heterocycles. The third-order valence-corrected chi connectivity index (χ3v) is 4.87. The van der Waals surface area contributed by atoms with Crippen LogP contribution in [0.2, 0.25) is 0 Å². The van der Waals surface area contributed by atoms with Crippen molar-refractivity contribution in [1.82, 2.24) is 0 Å². The molecule has 0 saturated heterocycles. The van der Waals surface area contributed by atoms with E-state index in [4.69, 9.17) is 9.44 Å². The number of aryl methyl sites for hydroxylation is 1. The summed E-state index contributed by atoms with van der Waals surface area (Å²) in [5.41, 5.74) is 1.18. The number of urea groups is 1. The maximum atomic E-state index is 14.8. The van der Waals surface area contributed by atoms with E-state index in [1.165, 1.54) is 43.5 Å². The lowest BCUT2D eigenvalue weighted by Gasteiger charge is -2.24. The SMILES string of the molecule is COC(=O)CCc1ccc(N(CCOS(C)(=O)=O)C(=O)Nc2ccc(C#N)cc2)c(F)c1. The van der Waals surface area contributed by atoms with Gasteiger partial charge in [-0.05, 0) is 48.4 Å². The average Bonchev–Trinajstić information content (AvgIpc) is 2.75. The van der Waals surface area contributed by atoms with Gasteiger partial charge in [-0.2, -0.15) is 13.7 Å². The number of methoxy groups -OCH3 is 1. The Morgan fingerprint density at radius 3 is 2.44 bits per heavy atom. The molecular formula is C21H22FN3O6S. The second-order valence-corrected chi connectivity index (χ2v) is 8.30. The maximum Gasteiger partial charge on any atom is 0.326 e. The summed E-state index contributed by atoms with van der Waals surface area (Å²) in [6.07, 6.45) is 1.18. The summed E-state index contributed by atoms with van der Waals surface area (Å²) in [4.78, 5) is 25.1. The van der Waals surface area contributed by atoms with Gasteiger partial charge >= 0.3 is 12.0 Å². The van der Waals surface area contributed by atoms with Gasteiger partial charge < -0.3 is 10.1 Å². The maximum absolute atomic E-state index is 14.8. The number of carbonyl (C=O) groups excluding carboxylic acids is 2. The summed E-state index contributed by atoms with van der Waals surface area (Å²) in [6.45, 7) is -0.642. The van der Waals surface area contributed by atoms with Crippen molar-refractivity contribution in [2.45, 2.75) is 12.8 Å². The van der Waals surface area contributed by atoms with E-state index < -0.39 is 27.9 Å². The second-order valence-electron chi connectivity index (χ2n) is 6.66. The van der Waals surface area contributed by atoms with Crippen molar-refractivity contribution < 1.29 is 31.3 Å². The Labute approximate surface area is 185 Å². The Kier molecular flexibility index (Phi) is 8.69. The van der Waals surface area contributed by atoms with Crippen LogP contribution in [0.1, 0.15) is 17.5 Å². The van der Waals surface area contributed by atoms with Gasteiger partial charge in [0.05, 0.1) is 43.8 Å². The number of rotatable bonds is 9. The lowest BCUT2D eigenvalue weighted by atomic mass is 10.1. The number of esters is 1. The van der Waals surface area contributed by atoms with Crippen LogP contribution < -0.4 is 10.2 Å². The monoisotopic (exact) mass is 463 g/mol. The van der Waals surface area contributed by atoms with Gasteiger partial charge in [-0.1, -0.05) is 6.07 Å². The number of nitriles is 1. The van der Waals surface area contributed by atoms with Crippen molar-refractivity contribution in [3.63, 3.8) is 0 Å². The number of nitrogens with one attached hydrogen (secondary N) is 1. The summed E-state index contributed by atoms with van der Waals surface area (Å²) in [6, 6.07) is 11.4. The molecule has 0 aliphatic rings. The molecule has 11 heteroatoms. The van der Waals surface area contributed by atoms with Crippen LogP contribution in [0.3, 0.4) is 0 Å². The molecule has 2 amide bonds. The highest BCUT2D eigenvalue weighted by atomic mass is 32.2. The lowest BCUT2D eigenvalue weighted by molar-refractivity contribution is -0.140. The average molecular weight is 463 g/mol. The minimum atomic E-state index is -3.76. The van der Waals surface area contributed by atoms with Crippen LogP contribution >= 0.6 is 0 Å². The number of anilines is 2. The fraction of sp³-hybridized carbons (Fsp3) is 0.286. The van der Waals surface area contributed by atoms with Crippen LogP contribution in [0.15, 0.2) is 42.5 Å². The topological polar surface area (TPSA) is 126 Å². The van der Waals surface area contributed by atoms with E-state index in [2.05, 4.69) is 10.1 Å². The molecule has 0 saturated carbocycles. The van der Waals surface area contributed by atoms with Gasteiger partial charge in [-0.3, -0.25) is 13.9 Å². The number of nitrogens with zero attached hydrogens (tertiary/aromatic N) is 2. The van der Waals surface area contributed by atoms with E-state index in [9.17, 15) is 22.4 Å². The number of carbonyl (C=O) groups is 2. The summed E-state index contributed by atoms with van der Waals surface area (Å²) in [7, 11) is -2.50. The van der Waals surface area contributed by atoms with Crippen LogP contribution in [0, 0.1) is 17.1 Å². The molecular weight excluding hydrogens is 441 g/mol. The molecule has 9 nitrogen and oxygen atoms in total. The standard InChI is InChI=1S/C21H22FN3O6S/c1-30-20(26)10-6-15-5-9-19(18(22)13-15)25(11-12-31-32(2,28)29)21(27)24-17-7-3-16(14-23)4-8-17/h3-5,7-9,13H,6,10-12H2,1-2H3,(H,24,27). The molecule has 170 valence electrons. The van der Waals surface area contributed by atoms with E-state index in [0.29, 0.717) is 16.8 Å². The predicted molar refractivity (Wildman–Crippen MR) is 115 cm³/mol. The summed E-state index contributed by atoms with van der Waals surface area (Å²) in [5.74, 6) is -1.17. The summed E-state index contributed by atoms with van der Waals surface area (Å²) in [5, 5.41) is 11.4. The Bertz CT molecular complexity index is 1110. The number of hydrogen-bond donors (Lipinski definition) is 1. The van der Waals surface area contributed by atoms with E-state index in [-0.39, 0.29) is 31.7 Å². The van der Waals surface area contributed by atoms with E-state index in [0.717, 1.165) is 11.2 Å². The van der Waals surface area contributed by atoms with E-state index in [1.54, 1.807) is 6.07 Å². The molecule has 0 fully saturated rings. The fourth-order valence-corrected chi connectivity index (χ4v) is 3.08. The summed E-state index contributed by atoms with van der Waals surface area (Å²) < 4.78 is 46.6. The van der Waals surface area contributed by atoms with Crippen molar-refractivity contribution in [3.8, 4) is 6.07 Å². The van der Waals surface area contributed by atoms with Crippen LogP contribution in [-0.4, -0.2) is 46.9 Å². The van der Waals surface area contributed by atoms with Crippen molar-refractivity contribution >= 4 is 33.5 Å². The van der Waals surface area contributed by atoms with Crippen LogP contribution in [0.4, 0.5) is 20.6 Å². The molecule has 0 bridgehead atoms. The van der Waals surface area contributed by atoms with E-state index >= 15 is 0 Å². The Morgan fingerprint density at radius 1 is 1.19 bits per heavy atom. The molecule has 32 heavy (non-hydrogen) atoms. The molecule has 0 radical (unpaired) electrons. The molecule has 0 spiro atoms. The first-order valence-corrected chi connectivity index (χ1v) is 11.2. The minimum Gasteiger partial charge on any atom is -0.469 e. The zero-order valence-electron chi connectivity index (χ0n) is 17.5. The summed E-state index contributed by atoms with van der Waals surface area (Å²) >= 11 is 0.